The Hall–Kier alpha value is -1.36. The van der Waals surface area contributed by atoms with E-state index >= 15 is 0 Å². The minimum atomic E-state index is 0.256. The molecule has 4 heteroatoms. The van der Waals surface area contributed by atoms with E-state index in [4.69, 9.17) is 13.9 Å². The van der Waals surface area contributed by atoms with Crippen LogP contribution in [0.2, 0.25) is 0 Å². The van der Waals surface area contributed by atoms with Crippen LogP contribution in [0.1, 0.15) is 31.1 Å². The molecule has 0 amide bonds. The van der Waals surface area contributed by atoms with E-state index in [9.17, 15) is 0 Å². The smallest absolute Gasteiger partial charge is 0.135 e. The summed E-state index contributed by atoms with van der Waals surface area (Å²) in [4.78, 5) is 0. The zero-order chi connectivity index (χ0) is 14.5. The first-order chi connectivity index (χ1) is 10.4. The molecule has 0 spiro atoms. The third kappa shape index (κ3) is 3.46. The number of rotatable bonds is 7. The van der Waals surface area contributed by atoms with Crippen LogP contribution in [0.5, 0.6) is 0 Å². The van der Waals surface area contributed by atoms with Gasteiger partial charge in [-0.15, -0.1) is 0 Å². The summed E-state index contributed by atoms with van der Waals surface area (Å²) in [6.07, 6.45) is 2.50. The molecule has 0 aliphatic carbocycles. The number of hydrogen-bond acceptors (Lipinski definition) is 4. The molecule has 2 aromatic rings. The minimum Gasteiger partial charge on any atom is -0.458 e. The molecule has 1 aliphatic rings. The van der Waals surface area contributed by atoms with Crippen molar-refractivity contribution in [3.63, 3.8) is 0 Å². The fraction of sp³-hybridized carbons (Fsp3) is 0.529. The van der Waals surface area contributed by atoms with Crippen molar-refractivity contribution in [1.82, 2.24) is 5.32 Å². The molecule has 1 N–H and O–H groups in total. The molecular weight excluding hydrogens is 266 g/mol. The number of benzene rings is 1. The van der Waals surface area contributed by atoms with Crippen LogP contribution in [-0.4, -0.2) is 25.9 Å². The molecule has 1 atom stereocenters. The zero-order valence-corrected chi connectivity index (χ0v) is 12.6. The van der Waals surface area contributed by atoms with Gasteiger partial charge in [-0.2, -0.15) is 0 Å². The van der Waals surface area contributed by atoms with E-state index in [0.717, 1.165) is 43.9 Å². The van der Waals surface area contributed by atoms with E-state index in [1.54, 1.807) is 0 Å². The molecule has 4 nitrogen and oxygen atoms in total. The van der Waals surface area contributed by atoms with Crippen LogP contribution in [0, 0.1) is 0 Å². The molecule has 3 rings (SSSR count). The molecule has 21 heavy (non-hydrogen) atoms. The van der Waals surface area contributed by atoms with Crippen molar-refractivity contribution in [3.05, 3.63) is 35.6 Å². The van der Waals surface area contributed by atoms with Crippen LogP contribution in [-0.2, 0) is 22.6 Å². The van der Waals surface area contributed by atoms with Gasteiger partial charge in [0.15, 0.2) is 0 Å². The third-order valence-electron chi connectivity index (χ3n) is 3.89. The van der Waals surface area contributed by atoms with Gasteiger partial charge in [0.05, 0.1) is 12.7 Å². The number of para-hydroxylation sites is 1. The van der Waals surface area contributed by atoms with E-state index in [0.29, 0.717) is 13.2 Å². The van der Waals surface area contributed by atoms with Crippen molar-refractivity contribution in [2.45, 2.75) is 39.0 Å². The Balaban J connectivity index is 1.69. The van der Waals surface area contributed by atoms with Gasteiger partial charge in [-0.1, -0.05) is 25.1 Å². The highest BCUT2D eigenvalue weighted by Gasteiger charge is 2.17. The molecule has 2 heterocycles. The highest BCUT2D eigenvalue weighted by atomic mass is 16.5. The molecule has 1 saturated heterocycles. The molecule has 0 radical (unpaired) electrons. The fourth-order valence-electron chi connectivity index (χ4n) is 2.77. The minimum absolute atomic E-state index is 0.256. The third-order valence-corrected chi connectivity index (χ3v) is 3.89. The van der Waals surface area contributed by atoms with E-state index < -0.39 is 0 Å². The van der Waals surface area contributed by atoms with Gasteiger partial charge in [0.1, 0.15) is 18.0 Å². The predicted molar refractivity (Wildman–Crippen MR) is 82.2 cm³/mol. The number of nitrogens with one attached hydrogen (secondary N) is 1. The van der Waals surface area contributed by atoms with Crippen LogP contribution in [0.15, 0.2) is 28.7 Å². The van der Waals surface area contributed by atoms with Crippen molar-refractivity contribution in [2.24, 2.45) is 0 Å². The molecule has 1 aromatic heterocycles. The van der Waals surface area contributed by atoms with E-state index in [-0.39, 0.29) is 6.10 Å². The van der Waals surface area contributed by atoms with Gasteiger partial charge < -0.3 is 19.2 Å². The first-order valence-electron chi connectivity index (χ1n) is 7.78. The van der Waals surface area contributed by atoms with Crippen LogP contribution in [0.3, 0.4) is 0 Å². The van der Waals surface area contributed by atoms with E-state index in [1.807, 2.05) is 18.2 Å². The zero-order valence-electron chi connectivity index (χ0n) is 12.6. The lowest BCUT2D eigenvalue weighted by atomic mass is 10.1. The normalized spacial score (nSPS) is 18.6. The Labute approximate surface area is 125 Å². The van der Waals surface area contributed by atoms with Crippen LogP contribution in [0.25, 0.3) is 11.0 Å². The van der Waals surface area contributed by atoms with E-state index in [2.05, 4.69) is 18.3 Å². The lowest BCUT2D eigenvalue weighted by Crippen LogP contribution is -2.15. The van der Waals surface area contributed by atoms with Crippen molar-refractivity contribution >= 4 is 11.0 Å². The Morgan fingerprint density at radius 2 is 2.24 bits per heavy atom. The van der Waals surface area contributed by atoms with Crippen LogP contribution < -0.4 is 5.32 Å². The molecule has 0 saturated carbocycles. The standard InChI is InChI=1S/C17H23NO3/c1-2-18-10-15-14-7-3-4-8-16(14)21-17(15)12-19-11-13-6-5-9-20-13/h3-4,7-8,13,18H,2,5-6,9-12H2,1H3. The predicted octanol–water partition coefficient (Wildman–Crippen LogP) is 3.24. The average molecular weight is 289 g/mol. The van der Waals surface area contributed by atoms with Crippen LogP contribution in [0.4, 0.5) is 0 Å². The van der Waals surface area contributed by atoms with Gasteiger partial charge in [0, 0.05) is 24.1 Å². The van der Waals surface area contributed by atoms with Gasteiger partial charge in [0.25, 0.3) is 0 Å². The topological polar surface area (TPSA) is 43.6 Å². The monoisotopic (exact) mass is 289 g/mol. The summed E-state index contributed by atoms with van der Waals surface area (Å²) in [7, 11) is 0. The average Bonchev–Trinajstić information content (AvgIpc) is 3.13. The second-order valence-electron chi connectivity index (χ2n) is 5.43. The molecule has 114 valence electrons. The molecule has 1 aromatic carbocycles. The number of furan rings is 1. The fourth-order valence-corrected chi connectivity index (χ4v) is 2.77. The lowest BCUT2D eigenvalue weighted by molar-refractivity contribution is 0.00587. The number of fused-ring (bicyclic) bond motifs is 1. The maximum absolute atomic E-state index is 5.96. The maximum atomic E-state index is 5.96. The molecule has 1 fully saturated rings. The second kappa shape index (κ2) is 7.07. The summed E-state index contributed by atoms with van der Waals surface area (Å²) in [5.74, 6) is 0.926. The molecular formula is C17H23NO3. The first kappa shape index (κ1) is 14.6. The highest BCUT2D eigenvalue weighted by molar-refractivity contribution is 5.82. The highest BCUT2D eigenvalue weighted by Crippen LogP contribution is 2.26. The van der Waals surface area contributed by atoms with Gasteiger partial charge in [0.2, 0.25) is 0 Å². The summed E-state index contributed by atoms with van der Waals surface area (Å²) in [6.45, 7) is 5.88. The summed E-state index contributed by atoms with van der Waals surface area (Å²) in [5, 5.41) is 4.55. The molecule has 0 bridgehead atoms. The summed E-state index contributed by atoms with van der Waals surface area (Å²) >= 11 is 0. The van der Waals surface area contributed by atoms with Crippen molar-refractivity contribution in [2.75, 3.05) is 19.8 Å². The second-order valence-corrected chi connectivity index (χ2v) is 5.43. The Bertz CT molecular complexity index is 572. The Kier molecular flexibility index (Phi) is 4.91. The maximum Gasteiger partial charge on any atom is 0.135 e. The quantitative estimate of drug-likeness (QED) is 0.850. The van der Waals surface area contributed by atoms with Crippen molar-refractivity contribution in [3.8, 4) is 0 Å². The van der Waals surface area contributed by atoms with E-state index in [1.165, 1.54) is 10.9 Å². The lowest BCUT2D eigenvalue weighted by Gasteiger charge is -2.10. The molecule has 1 aliphatic heterocycles. The SMILES string of the molecule is CCNCc1c(COCC2CCCO2)oc2ccccc12. The Morgan fingerprint density at radius 1 is 1.33 bits per heavy atom. The van der Waals surface area contributed by atoms with Gasteiger partial charge in [-0.25, -0.2) is 0 Å². The van der Waals surface area contributed by atoms with Crippen molar-refractivity contribution in [1.29, 1.82) is 0 Å². The van der Waals surface area contributed by atoms with Gasteiger partial charge >= 0.3 is 0 Å². The summed E-state index contributed by atoms with van der Waals surface area (Å²) < 4.78 is 17.3. The number of ether oxygens (including phenoxy) is 2. The molecule has 1 unspecified atom stereocenters. The Morgan fingerprint density at radius 3 is 3.05 bits per heavy atom. The van der Waals surface area contributed by atoms with Gasteiger partial charge in [-0.3, -0.25) is 0 Å². The number of hydrogen-bond donors (Lipinski definition) is 1. The first-order valence-corrected chi connectivity index (χ1v) is 7.78. The largest absolute Gasteiger partial charge is 0.458 e. The summed E-state index contributed by atoms with van der Waals surface area (Å²) in [5.41, 5.74) is 2.14. The summed E-state index contributed by atoms with van der Waals surface area (Å²) in [6, 6.07) is 8.16. The van der Waals surface area contributed by atoms with Gasteiger partial charge in [-0.05, 0) is 25.5 Å². The van der Waals surface area contributed by atoms with Crippen LogP contribution >= 0.6 is 0 Å². The van der Waals surface area contributed by atoms with Crippen molar-refractivity contribution < 1.29 is 13.9 Å².